The lowest BCUT2D eigenvalue weighted by Crippen LogP contribution is -2.40. The van der Waals surface area contributed by atoms with E-state index in [2.05, 4.69) is 42.2 Å². The highest BCUT2D eigenvalue weighted by Crippen LogP contribution is 2.23. The molecule has 1 aliphatic heterocycles. The summed E-state index contributed by atoms with van der Waals surface area (Å²) in [5.74, 6) is 2.86. The number of nitrogens with zero attached hydrogens (tertiary/aromatic N) is 3. The minimum Gasteiger partial charge on any atom is -0.384 e. The molecule has 0 saturated carbocycles. The van der Waals surface area contributed by atoms with Gasteiger partial charge in [-0.2, -0.15) is 0 Å². The highest BCUT2D eigenvalue weighted by atomic mass is 127. The van der Waals surface area contributed by atoms with E-state index in [9.17, 15) is 0 Å². The molecule has 1 aliphatic rings. The van der Waals surface area contributed by atoms with E-state index in [1.807, 2.05) is 0 Å². The highest BCUT2D eigenvalue weighted by Gasteiger charge is 2.24. The molecular formula is C18H33IN4O2. The molecule has 0 aliphatic carbocycles. The van der Waals surface area contributed by atoms with E-state index >= 15 is 0 Å². The molecule has 144 valence electrons. The summed E-state index contributed by atoms with van der Waals surface area (Å²) in [7, 11) is 1.77. The number of nitrogens with one attached hydrogen (secondary N) is 1. The molecule has 1 aromatic rings. The van der Waals surface area contributed by atoms with Crippen LogP contribution >= 0.6 is 24.0 Å². The zero-order chi connectivity index (χ0) is 17.4. The minimum absolute atomic E-state index is 0. The van der Waals surface area contributed by atoms with E-state index in [-0.39, 0.29) is 24.0 Å². The molecule has 7 heteroatoms. The number of ether oxygens (including phenoxy) is 1. The molecule has 2 rings (SSSR count). The summed E-state index contributed by atoms with van der Waals surface area (Å²) in [5, 5.41) is 7.60. The number of guanidine groups is 1. The normalized spacial score (nSPS) is 17.9. The monoisotopic (exact) mass is 464 g/mol. The van der Waals surface area contributed by atoms with Gasteiger partial charge in [0.2, 0.25) is 0 Å². The molecule has 0 radical (unpaired) electrons. The van der Waals surface area contributed by atoms with E-state index in [4.69, 9.17) is 14.3 Å². The predicted octanol–water partition coefficient (Wildman–Crippen LogP) is 3.63. The zero-order valence-corrected chi connectivity index (χ0v) is 18.3. The fourth-order valence-corrected chi connectivity index (χ4v) is 3.28. The van der Waals surface area contributed by atoms with Crippen LogP contribution in [0.3, 0.4) is 0 Å². The van der Waals surface area contributed by atoms with Crippen LogP contribution in [0.2, 0.25) is 0 Å². The molecule has 1 saturated heterocycles. The number of likely N-dealkylation sites (tertiary alicyclic amines) is 1. The van der Waals surface area contributed by atoms with Crippen LogP contribution in [0.5, 0.6) is 0 Å². The van der Waals surface area contributed by atoms with Crippen LogP contribution in [0.1, 0.15) is 57.4 Å². The molecule has 0 amide bonds. The Morgan fingerprint density at radius 2 is 2.20 bits per heavy atom. The Labute approximate surface area is 168 Å². The molecular weight excluding hydrogens is 431 g/mol. The molecule has 0 spiro atoms. The SMILES string of the molecule is CCNC(=NCc1cc(C(CC)CC)no1)N1CCC(COC)C1.I. The van der Waals surface area contributed by atoms with Crippen molar-refractivity contribution >= 4 is 29.9 Å². The van der Waals surface area contributed by atoms with Gasteiger partial charge in [-0.1, -0.05) is 19.0 Å². The molecule has 1 atom stereocenters. The maximum atomic E-state index is 5.48. The van der Waals surface area contributed by atoms with Crippen LogP contribution in [-0.2, 0) is 11.3 Å². The molecule has 0 bridgehead atoms. The summed E-state index contributed by atoms with van der Waals surface area (Å²) < 4.78 is 10.8. The van der Waals surface area contributed by atoms with Crippen LogP contribution in [0, 0.1) is 5.92 Å². The molecule has 1 N–H and O–H groups in total. The number of rotatable bonds is 8. The lowest BCUT2D eigenvalue weighted by atomic mass is 9.99. The van der Waals surface area contributed by atoms with Crippen molar-refractivity contribution in [1.29, 1.82) is 0 Å². The van der Waals surface area contributed by atoms with Crippen molar-refractivity contribution in [2.24, 2.45) is 10.9 Å². The van der Waals surface area contributed by atoms with Crippen LogP contribution in [0.4, 0.5) is 0 Å². The van der Waals surface area contributed by atoms with Gasteiger partial charge in [-0.05, 0) is 26.2 Å². The van der Waals surface area contributed by atoms with E-state index in [0.717, 1.165) is 62.9 Å². The van der Waals surface area contributed by atoms with Crippen molar-refractivity contribution in [3.05, 3.63) is 17.5 Å². The summed E-state index contributed by atoms with van der Waals surface area (Å²) in [4.78, 5) is 7.05. The molecule has 6 nitrogen and oxygen atoms in total. The van der Waals surface area contributed by atoms with Gasteiger partial charge < -0.3 is 19.5 Å². The molecule has 1 fully saturated rings. The van der Waals surface area contributed by atoms with Crippen LogP contribution in [0.15, 0.2) is 15.6 Å². The number of methoxy groups -OCH3 is 1. The highest BCUT2D eigenvalue weighted by molar-refractivity contribution is 14.0. The first-order valence-corrected chi connectivity index (χ1v) is 9.19. The van der Waals surface area contributed by atoms with Crippen molar-refractivity contribution in [3.8, 4) is 0 Å². The van der Waals surface area contributed by atoms with Crippen molar-refractivity contribution in [2.75, 3.05) is 33.4 Å². The maximum Gasteiger partial charge on any atom is 0.194 e. The lowest BCUT2D eigenvalue weighted by Gasteiger charge is -2.21. The molecule has 0 aromatic carbocycles. The van der Waals surface area contributed by atoms with Gasteiger partial charge in [-0.3, -0.25) is 0 Å². The predicted molar refractivity (Wildman–Crippen MR) is 112 cm³/mol. The third kappa shape index (κ3) is 6.44. The number of aromatic nitrogens is 1. The standard InChI is InChI=1S/C18H32N4O2.HI/c1-5-15(6-2)17-10-16(24-21-17)11-20-18(19-7-3)22-9-8-14(12-22)13-23-4;/h10,14-15H,5-9,11-13H2,1-4H3,(H,19,20);1H. The second-order valence-corrected chi connectivity index (χ2v) is 6.46. The summed E-state index contributed by atoms with van der Waals surface area (Å²) in [6.45, 7) is 10.7. The Hall–Kier alpha value is -0.830. The molecule has 1 aromatic heterocycles. The summed E-state index contributed by atoms with van der Waals surface area (Å²) in [6, 6.07) is 2.06. The summed E-state index contributed by atoms with van der Waals surface area (Å²) in [5.41, 5.74) is 1.05. The van der Waals surface area contributed by atoms with Gasteiger partial charge >= 0.3 is 0 Å². The van der Waals surface area contributed by atoms with E-state index in [1.54, 1.807) is 7.11 Å². The van der Waals surface area contributed by atoms with Crippen molar-refractivity contribution < 1.29 is 9.26 Å². The number of halogens is 1. The van der Waals surface area contributed by atoms with Crippen molar-refractivity contribution in [1.82, 2.24) is 15.4 Å². The Balaban J connectivity index is 0.00000312. The van der Waals surface area contributed by atoms with Gasteiger partial charge in [-0.25, -0.2) is 4.99 Å². The number of hydrogen-bond donors (Lipinski definition) is 1. The van der Waals surface area contributed by atoms with Gasteiger partial charge in [0.05, 0.1) is 12.3 Å². The van der Waals surface area contributed by atoms with Crippen LogP contribution in [-0.4, -0.2) is 49.4 Å². The fourth-order valence-electron chi connectivity index (χ4n) is 3.28. The average Bonchev–Trinajstić information content (AvgIpc) is 3.23. The zero-order valence-electron chi connectivity index (χ0n) is 16.0. The Kier molecular flexibility index (Phi) is 10.4. The third-order valence-electron chi connectivity index (χ3n) is 4.69. The topological polar surface area (TPSA) is 62.9 Å². The Bertz CT molecular complexity index is 517. The molecule has 1 unspecified atom stereocenters. The first-order chi connectivity index (χ1) is 11.7. The van der Waals surface area contributed by atoms with E-state index < -0.39 is 0 Å². The third-order valence-corrected chi connectivity index (χ3v) is 4.69. The molecule has 2 heterocycles. The van der Waals surface area contributed by atoms with Gasteiger partial charge in [0.25, 0.3) is 0 Å². The van der Waals surface area contributed by atoms with Gasteiger partial charge in [0.1, 0.15) is 6.54 Å². The van der Waals surface area contributed by atoms with Gasteiger partial charge in [-0.15, -0.1) is 24.0 Å². The lowest BCUT2D eigenvalue weighted by molar-refractivity contribution is 0.157. The second kappa shape index (κ2) is 11.7. The van der Waals surface area contributed by atoms with Gasteiger partial charge in [0.15, 0.2) is 11.7 Å². The fraction of sp³-hybridized carbons (Fsp3) is 0.778. The van der Waals surface area contributed by atoms with E-state index in [0.29, 0.717) is 18.4 Å². The average molecular weight is 464 g/mol. The maximum absolute atomic E-state index is 5.48. The first-order valence-electron chi connectivity index (χ1n) is 9.19. The van der Waals surface area contributed by atoms with E-state index in [1.165, 1.54) is 0 Å². The minimum atomic E-state index is 0. The second-order valence-electron chi connectivity index (χ2n) is 6.46. The summed E-state index contributed by atoms with van der Waals surface area (Å²) in [6.07, 6.45) is 3.32. The van der Waals surface area contributed by atoms with Crippen molar-refractivity contribution in [3.63, 3.8) is 0 Å². The molecule has 25 heavy (non-hydrogen) atoms. The Morgan fingerprint density at radius 3 is 2.84 bits per heavy atom. The summed E-state index contributed by atoms with van der Waals surface area (Å²) >= 11 is 0. The Morgan fingerprint density at radius 1 is 1.44 bits per heavy atom. The van der Waals surface area contributed by atoms with Crippen molar-refractivity contribution in [2.45, 2.75) is 52.5 Å². The number of hydrogen-bond acceptors (Lipinski definition) is 4. The van der Waals surface area contributed by atoms with Gasteiger partial charge in [0, 0.05) is 44.6 Å². The number of aliphatic imine (C=N–C) groups is 1. The van der Waals surface area contributed by atoms with Crippen LogP contribution < -0.4 is 5.32 Å². The first kappa shape index (κ1) is 22.2. The quantitative estimate of drug-likeness (QED) is 0.362. The smallest absolute Gasteiger partial charge is 0.194 e. The largest absolute Gasteiger partial charge is 0.384 e. The van der Waals surface area contributed by atoms with Crippen LogP contribution in [0.25, 0.3) is 0 Å².